The maximum absolute atomic E-state index is 5.46. The SMILES string of the molecule is Cl.c1ccc2c(c1)Sc1ccccc1C2CCN1CCOCC1. The van der Waals surface area contributed by atoms with Gasteiger partial charge in [-0.3, -0.25) is 4.90 Å². The summed E-state index contributed by atoms with van der Waals surface area (Å²) in [5.41, 5.74) is 3.00. The number of fused-ring (bicyclic) bond motifs is 2. The normalized spacial score (nSPS) is 17.9. The second-order valence-electron chi connectivity index (χ2n) is 5.97. The van der Waals surface area contributed by atoms with Crippen LogP contribution in [0.3, 0.4) is 0 Å². The van der Waals surface area contributed by atoms with Gasteiger partial charge in [-0.05, 0) is 36.2 Å². The zero-order valence-electron chi connectivity index (χ0n) is 13.1. The van der Waals surface area contributed by atoms with Crippen molar-refractivity contribution in [3.05, 3.63) is 59.7 Å². The Morgan fingerprint density at radius 1 is 0.913 bits per heavy atom. The first kappa shape index (κ1) is 16.8. The van der Waals surface area contributed by atoms with Crippen molar-refractivity contribution < 1.29 is 4.74 Å². The molecule has 2 aliphatic heterocycles. The molecule has 0 radical (unpaired) electrons. The molecule has 1 saturated heterocycles. The van der Waals surface area contributed by atoms with Gasteiger partial charge in [-0.25, -0.2) is 0 Å². The van der Waals surface area contributed by atoms with Gasteiger partial charge in [0.05, 0.1) is 13.2 Å². The lowest BCUT2D eigenvalue weighted by atomic mass is 9.87. The smallest absolute Gasteiger partial charge is 0.0594 e. The Labute approximate surface area is 148 Å². The van der Waals surface area contributed by atoms with Gasteiger partial charge in [-0.15, -0.1) is 12.4 Å². The van der Waals surface area contributed by atoms with Crippen molar-refractivity contribution >= 4 is 24.2 Å². The van der Waals surface area contributed by atoms with Gasteiger partial charge in [0.15, 0.2) is 0 Å². The monoisotopic (exact) mass is 347 g/mol. The maximum atomic E-state index is 5.46. The van der Waals surface area contributed by atoms with E-state index in [0.717, 1.165) is 32.8 Å². The van der Waals surface area contributed by atoms with Crippen LogP contribution in [-0.4, -0.2) is 37.7 Å². The third kappa shape index (κ3) is 3.58. The molecule has 1 fully saturated rings. The zero-order valence-corrected chi connectivity index (χ0v) is 14.7. The number of ether oxygens (including phenoxy) is 1. The topological polar surface area (TPSA) is 12.5 Å². The molecule has 0 unspecified atom stereocenters. The highest BCUT2D eigenvalue weighted by molar-refractivity contribution is 7.99. The molecule has 4 rings (SSSR count). The Balaban J connectivity index is 0.00000156. The van der Waals surface area contributed by atoms with Crippen molar-refractivity contribution in [3.8, 4) is 0 Å². The highest BCUT2D eigenvalue weighted by Crippen LogP contribution is 2.46. The van der Waals surface area contributed by atoms with Crippen LogP contribution >= 0.6 is 24.2 Å². The van der Waals surface area contributed by atoms with Crippen molar-refractivity contribution in [2.45, 2.75) is 22.1 Å². The van der Waals surface area contributed by atoms with E-state index in [1.165, 1.54) is 27.3 Å². The van der Waals surface area contributed by atoms with Gasteiger partial charge >= 0.3 is 0 Å². The highest BCUT2D eigenvalue weighted by Gasteiger charge is 2.26. The number of morpholine rings is 1. The Bertz CT molecular complexity index is 612. The van der Waals surface area contributed by atoms with Gasteiger partial charge in [0, 0.05) is 28.8 Å². The van der Waals surface area contributed by atoms with E-state index in [1.54, 1.807) is 0 Å². The van der Waals surface area contributed by atoms with E-state index in [0.29, 0.717) is 5.92 Å². The van der Waals surface area contributed by atoms with E-state index >= 15 is 0 Å². The minimum atomic E-state index is 0. The van der Waals surface area contributed by atoms with E-state index in [9.17, 15) is 0 Å². The van der Waals surface area contributed by atoms with Crippen LogP contribution in [0, 0.1) is 0 Å². The number of benzene rings is 2. The van der Waals surface area contributed by atoms with E-state index in [-0.39, 0.29) is 12.4 Å². The molecule has 0 amide bonds. The van der Waals surface area contributed by atoms with Crippen molar-refractivity contribution in [2.75, 3.05) is 32.8 Å². The zero-order chi connectivity index (χ0) is 14.8. The largest absolute Gasteiger partial charge is 0.379 e. The molecular formula is C19H22ClNOS. The predicted octanol–water partition coefficient (Wildman–Crippen LogP) is 4.43. The Morgan fingerprint density at radius 3 is 2.09 bits per heavy atom. The van der Waals surface area contributed by atoms with Crippen LogP contribution < -0.4 is 0 Å². The Hall–Kier alpha value is -1.00. The molecule has 0 N–H and O–H groups in total. The Kier molecular flexibility index (Phi) is 5.65. The maximum Gasteiger partial charge on any atom is 0.0594 e. The van der Waals surface area contributed by atoms with Crippen LogP contribution in [0.2, 0.25) is 0 Å². The average molecular weight is 348 g/mol. The molecule has 0 bridgehead atoms. The molecule has 4 heteroatoms. The van der Waals surface area contributed by atoms with E-state index in [2.05, 4.69) is 53.4 Å². The Morgan fingerprint density at radius 2 is 1.48 bits per heavy atom. The van der Waals surface area contributed by atoms with Crippen LogP contribution in [0.1, 0.15) is 23.5 Å². The summed E-state index contributed by atoms with van der Waals surface area (Å²) < 4.78 is 5.46. The van der Waals surface area contributed by atoms with Crippen LogP contribution in [0.5, 0.6) is 0 Å². The summed E-state index contributed by atoms with van der Waals surface area (Å²) in [5, 5.41) is 0. The highest BCUT2D eigenvalue weighted by atomic mass is 35.5. The first-order valence-corrected chi connectivity index (χ1v) is 8.89. The summed E-state index contributed by atoms with van der Waals surface area (Å²) >= 11 is 1.91. The fourth-order valence-corrected chi connectivity index (χ4v) is 4.64. The third-order valence-electron chi connectivity index (χ3n) is 4.65. The summed E-state index contributed by atoms with van der Waals surface area (Å²) in [6, 6.07) is 17.8. The quantitative estimate of drug-likeness (QED) is 0.815. The predicted molar refractivity (Wildman–Crippen MR) is 98.0 cm³/mol. The molecule has 2 aromatic rings. The second-order valence-corrected chi connectivity index (χ2v) is 7.06. The lowest BCUT2D eigenvalue weighted by Crippen LogP contribution is -2.37. The number of rotatable bonds is 3. The number of hydrogen-bond acceptors (Lipinski definition) is 3. The van der Waals surface area contributed by atoms with Gasteiger partial charge in [-0.1, -0.05) is 48.2 Å². The van der Waals surface area contributed by atoms with E-state index in [4.69, 9.17) is 4.74 Å². The summed E-state index contributed by atoms with van der Waals surface area (Å²) in [4.78, 5) is 5.39. The first-order valence-electron chi connectivity index (χ1n) is 8.07. The molecule has 0 aromatic heterocycles. The van der Waals surface area contributed by atoms with Crippen LogP contribution in [-0.2, 0) is 4.74 Å². The van der Waals surface area contributed by atoms with Crippen molar-refractivity contribution in [1.82, 2.24) is 4.90 Å². The van der Waals surface area contributed by atoms with Gasteiger partial charge in [0.2, 0.25) is 0 Å². The van der Waals surface area contributed by atoms with Crippen molar-refractivity contribution in [3.63, 3.8) is 0 Å². The molecule has 2 nitrogen and oxygen atoms in total. The first-order chi connectivity index (χ1) is 10.9. The molecule has 0 atom stereocenters. The van der Waals surface area contributed by atoms with Crippen LogP contribution in [0.15, 0.2) is 58.3 Å². The van der Waals surface area contributed by atoms with Gasteiger partial charge in [0.1, 0.15) is 0 Å². The van der Waals surface area contributed by atoms with Crippen LogP contribution in [0.25, 0.3) is 0 Å². The second kappa shape index (κ2) is 7.71. The molecule has 2 aromatic carbocycles. The van der Waals surface area contributed by atoms with E-state index in [1.807, 2.05) is 11.8 Å². The number of halogens is 1. The number of hydrogen-bond donors (Lipinski definition) is 0. The lowest BCUT2D eigenvalue weighted by molar-refractivity contribution is 0.0369. The molecule has 0 aliphatic carbocycles. The molecule has 0 spiro atoms. The molecule has 122 valence electrons. The van der Waals surface area contributed by atoms with Crippen LogP contribution in [0.4, 0.5) is 0 Å². The van der Waals surface area contributed by atoms with Gasteiger partial charge in [-0.2, -0.15) is 0 Å². The average Bonchev–Trinajstić information content (AvgIpc) is 2.59. The summed E-state index contributed by atoms with van der Waals surface area (Å²) in [5.74, 6) is 0.525. The van der Waals surface area contributed by atoms with Crippen molar-refractivity contribution in [1.29, 1.82) is 0 Å². The van der Waals surface area contributed by atoms with Crippen molar-refractivity contribution in [2.24, 2.45) is 0 Å². The molecule has 23 heavy (non-hydrogen) atoms. The molecule has 2 heterocycles. The number of nitrogens with zero attached hydrogens (tertiary/aromatic N) is 1. The molecule has 0 saturated carbocycles. The molecule has 2 aliphatic rings. The standard InChI is InChI=1S/C19H21NOS.ClH/c1-3-7-18-16(5-1)15(9-10-20-11-13-21-14-12-20)17-6-2-4-8-19(17)22-18;/h1-8,15H,9-14H2;1H. The summed E-state index contributed by atoms with van der Waals surface area (Å²) in [6.45, 7) is 5.07. The third-order valence-corrected chi connectivity index (χ3v) is 5.83. The van der Waals surface area contributed by atoms with Gasteiger partial charge in [0.25, 0.3) is 0 Å². The van der Waals surface area contributed by atoms with E-state index < -0.39 is 0 Å². The lowest BCUT2D eigenvalue weighted by Gasteiger charge is -2.31. The minimum Gasteiger partial charge on any atom is -0.379 e. The summed E-state index contributed by atoms with van der Waals surface area (Å²) in [7, 11) is 0. The minimum absolute atomic E-state index is 0. The fourth-order valence-electron chi connectivity index (χ4n) is 3.46. The van der Waals surface area contributed by atoms with Gasteiger partial charge < -0.3 is 4.74 Å². The molecular weight excluding hydrogens is 326 g/mol. The summed E-state index contributed by atoms with van der Waals surface area (Å²) in [6.07, 6.45) is 1.19. The fraction of sp³-hybridized carbons (Fsp3) is 0.368.